The van der Waals surface area contributed by atoms with Gasteiger partial charge in [0.05, 0.1) is 18.4 Å². The number of nitrogens with one attached hydrogen (secondary N) is 3. The number of halogens is 2. The van der Waals surface area contributed by atoms with E-state index in [1.807, 2.05) is 6.07 Å². The Morgan fingerprint density at radius 1 is 1.16 bits per heavy atom. The van der Waals surface area contributed by atoms with Crippen LogP contribution in [-0.2, 0) is 4.79 Å². The summed E-state index contributed by atoms with van der Waals surface area (Å²) in [6.07, 6.45) is 4.73. The number of aromatic nitrogens is 2. The molecule has 1 aliphatic carbocycles. The Balaban J connectivity index is 1.06. The zero-order chi connectivity index (χ0) is 25.6. The second-order valence-electron chi connectivity index (χ2n) is 10.7. The number of amides is 1. The van der Waals surface area contributed by atoms with Crippen molar-refractivity contribution in [3.8, 4) is 11.5 Å². The summed E-state index contributed by atoms with van der Waals surface area (Å²) < 4.78 is 33.2. The van der Waals surface area contributed by atoms with Gasteiger partial charge in [0, 0.05) is 24.9 Å². The highest BCUT2D eigenvalue weighted by atomic mass is 19.3. The van der Waals surface area contributed by atoms with Crippen molar-refractivity contribution in [1.29, 1.82) is 0 Å². The maximum atomic E-state index is 13.7. The van der Waals surface area contributed by atoms with Crippen molar-refractivity contribution in [1.82, 2.24) is 25.1 Å². The first kappa shape index (κ1) is 24.3. The fraction of sp³-hybridized carbons (Fsp3) is 0.577. The van der Waals surface area contributed by atoms with Crippen LogP contribution >= 0.6 is 0 Å². The van der Waals surface area contributed by atoms with Crippen LogP contribution in [0, 0.1) is 5.92 Å². The number of rotatable bonds is 6. The lowest BCUT2D eigenvalue weighted by atomic mass is 9.89. The normalized spacial score (nSPS) is 23.4. The summed E-state index contributed by atoms with van der Waals surface area (Å²) in [5.74, 6) is -1.37. The van der Waals surface area contributed by atoms with E-state index < -0.39 is 17.5 Å². The summed E-state index contributed by atoms with van der Waals surface area (Å²) in [6, 6.07) is 6.08. The largest absolute Gasteiger partial charge is 0.450 e. The summed E-state index contributed by atoms with van der Waals surface area (Å²) in [5, 5.41) is 6.52. The number of ether oxygens (including phenoxy) is 1. The SMILES string of the molecule is O=C(CN1CCC(c2ccc3c(c2)Nc2[nH]c(=O)ncc2O3)CC1)N(CC1CC1(F)F)C1CCNCC1. The molecule has 1 aromatic carbocycles. The Bertz CT molecular complexity index is 1220. The summed E-state index contributed by atoms with van der Waals surface area (Å²) in [7, 11) is 0. The van der Waals surface area contributed by atoms with E-state index in [-0.39, 0.29) is 31.5 Å². The average molecular weight is 515 g/mol. The molecule has 0 radical (unpaired) electrons. The fourth-order valence-electron chi connectivity index (χ4n) is 5.78. The molecule has 1 atom stereocenters. The monoisotopic (exact) mass is 514 g/mol. The molecule has 3 fully saturated rings. The van der Waals surface area contributed by atoms with E-state index >= 15 is 0 Å². The van der Waals surface area contributed by atoms with Gasteiger partial charge in [0.15, 0.2) is 17.3 Å². The second-order valence-corrected chi connectivity index (χ2v) is 10.7. The topological polar surface area (TPSA) is 103 Å². The van der Waals surface area contributed by atoms with E-state index in [2.05, 4.69) is 37.6 Å². The lowest BCUT2D eigenvalue weighted by molar-refractivity contribution is -0.136. The summed E-state index contributed by atoms with van der Waals surface area (Å²) in [5.41, 5.74) is 1.52. The van der Waals surface area contributed by atoms with E-state index in [9.17, 15) is 18.4 Å². The van der Waals surface area contributed by atoms with Gasteiger partial charge in [0.25, 0.3) is 5.92 Å². The van der Waals surface area contributed by atoms with Crippen LogP contribution in [0.25, 0.3) is 0 Å². The minimum Gasteiger partial charge on any atom is -0.450 e. The first-order chi connectivity index (χ1) is 17.9. The van der Waals surface area contributed by atoms with Gasteiger partial charge in [-0.25, -0.2) is 13.6 Å². The van der Waals surface area contributed by atoms with Crippen molar-refractivity contribution in [3.63, 3.8) is 0 Å². The molecule has 2 saturated heterocycles. The zero-order valence-electron chi connectivity index (χ0n) is 20.6. The number of aromatic amines is 1. The molecular weight excluding hydrogens is 482 g/mol. The van der Waals surface area contributed by atoms with E-state index in [0.29, 0.717) is 23.2 Å². The van der Waals surface area contributed by atoms with Gasteiger partial charge in [0.1, 0.15) is 0 Å². The van der Waals surface area contributed by atoms with E-state index in [1.165, 1.54) is 11.8 Å². The molecule has 3 aliphatic heterocycles. The molecule has 1 amide bonds. The first-order valence-electron chi connectivity index (χ1n) is 13.1. The molecule has 0 bridgehead atoms. The number of piperidine rings is 2. The highest BCUT2D eigenvalue weighted by Crippen LogP contribution is 2.49. The Kier molecular flexibility index (Phi) is 6.36. The number of fused-ring (bicyclic) bond motifs is 2. The van der Waals surface area contributed by atoms with Gasteiger partial charge in [0.2, 0.25) is 5.91 Å². The number of carbonyl (C=O) groups is 1. The number of alkyl halides is 2. The van der Waals surface area contributed by atoms with Gasteiger partial charge in [-0.1, -0.05) is 6.07 Å². The average Bonchev–Trinajstić information content (AvgIpc) is 3.52. The number of hydrogen-bond donors (Lipinski definition) is 3. The molecule has 4 aliphatic rings. The maximum Gasteiger partial charge on any atom is 0.346 e. The summed E-state index contributed by atoms with van der Waals surface area (Å²) in [6.45, 7) is 3.65. The van der Waals surface area contributed by atoms with Crippen molar-refractivity contribution in [2.45, 2.75) is 50.0 Å². The summed E-state index contributed by atoms with van der Waals surface area (Å²) >= 11 is 0. The third-order valence-corrected chi connectivity index (χ3v) is 8.12. The van der Waals surface area contributed by atoms with E-state index in [1.54, 1.807) is 4.90 Å². The van der Waals surface area contributed by atoms with Gasteiger partial charge in [-0.3, -0.25) is 14.7 Å². The van der Waals surface area contributed by atoms with Crippen molar-refractivity contribution < 1.29 is 18.3 Å². The Morgan fingerprint density at radius 3 is 2.65 bits per heavy atom. The highest BCUT2D eigenvalue weighted by molar-refractivity contribution is 5.79. The molecule has 4 heterocycles. The van der Waals surface area contributed by atoms with Crippen LogP contribution in [0.5, 0.6) is 11.5 Å². The number of benzene rings is 1. The van der Waals surface area contributed by atoms with E-state index in [4.69, 9.17) is 4.74 Å². The molecule has 1 unspecified atom stereocenters. The standard InChI is InChI=1S/C26H32F2N6O3/c27-26(28)12-18(26)14-34(19-3-7-29-8-4-19)23(35)15-33-9-5-16(6-10-33)17-1-2-21-20(11-17)31-24-22(37-21)13-30-25(36)32-24/h1-2,11,13,16,18-19,29H,3-10,12,14-15H2,(H2,30,31,32,36). The zero-order valence-corrected chi connectivity index (χ0v) is 20.6. The van der Waals surface area contributed by atoms with Crippen LogP contribution in [0.1, 0.15) is 43.6 Å². The summed E-state index contributed by atoms with van der Waals surface area (Å²) in [4.78, 5) is 35.1. The third-order valence-electron chi connectivity index (χ3n) is 8.12. The predicted molar refractivity (Wildman–Crippen MR) is 134 cm³/mol. The lowest BCUT2D eigenvalue weighted by Crippen LogP contribution is -2.51. The van der Waals surface area contributed by atoms with Gasteiger partial charge in [-0.2, -0.15) is 4.98 Å². The molecule has 11 heteroatoms. The fourth-order valence-corrected chi connectivity index (χ4v) is 5.78. The molecule has 198 valence electrons. The number of anilines is 2. The minimum absolute atomic E-state index is 0.0228. The van der Waals surface area contributed by atoms with Crippen molar-refractivity contribution in [3.05, 3.63) is 40.4 Å². The molecule has 3 N–H and O–H groups in total. The number of H-pyrrole nitrogens is 1. The molecule has 1 aromatic heterocycles. The van der Waals surface area contributed by atoms with Crippen LogP contribution in [0.4, 0.5) is 20.3 Å². The molecule has 37 heavy (non-hydrogen) atoms. The molecule has 1 saturated carbocycles. The number of nitrogens with zero attached hydrogens (tertiary/aromatic N) is 3. The van der Waals surface area contributed by atoms with Crippen LogP contribution in [0.2, 0.25) is 0 Å². The molecule has 9 nitrogen and oxygen atoms in total. The van der Waals surface area contributed by atoms with Crippen LogP contribution in [0.3, 0.4) is 0 Å². The van der Waals surface area contributed by atoms with Crippen LogP contribution in [0.15, 0.2) is 29.2 Å². The number of hydrogen-bond acceptors (Lipinski definition) is 7. The number of likely N-dealkylation sites (tertiary alicyclic amines) is 1. The predicted octanol–water partition coefficient (Wildman–Crippen LogP) is 3.03. The highest BCUT2D eigenvalue weighted by Gasteiger charge is 2.57. The second kappa shape index (κ2) is 9.68. The maximum absolute atomic E-state index is 13.7. The Hall–Kier alpha value is -3.05. The van der Waals surface area contributed by atoms with Crippen molar-refractivity contribution >= 4 is 17.4 Å². The van der Waals surface area contributed by atoms with Gasteiger partial charge in [-0.05, 0) is 75.5 Å². The molecule has 0 spiro atoms. The minimum atomic E-state index is -2.62. The molecular formula is C26H32F2N6O3. The Labute approximate surface area is 213 Å². The Morgan fingerprint density at radius 2 is 1.92 bits per heavy atom. The van der Waals surface area contributed by atoms with Gasteiger partial charge in [-0.15, -0.1) is 0 Å². The van der Waals surface area contributed by atoms with E-state index in [0.717, 1.165) is 57.5 Å². The van der Waals surface area contributed by atoms with Gasteiger partial charge >= 0.3 is 5.69 Å². The lowest BCUT2D eigenvalue weighted by Gasteiger charge is -2.38. The van der Waals surface area contributed by atoms with Crippen LogP contribution in [-0.4, -0.2) is 76.9 Å². The molecule has 2 aromatic rings. The van der Waals surface area contributed by atoms with Crippen LogP contribution < -0.4 is 21.1 Å². The van der Waals surface area contributed by atoms with Crippen molar-refractivity contribution in [2.75, 3.05) is 44.6 Å². The van der Waals surface area contributed by atoms with Gasteiger partial charge < -0.3 is 20.3 Å². The quantitative estimate of drug-likeness (QED) is 0.465. The number of carbonyl (C=O) groups excluding carboxylic acids is 1. The molecule has 6 rings (SSSR count). The smallest absolute Gasteiger partial charge is 0.346 e. The third kappa shape index (κ3) is 5.19. The first-order valence-corrected chi connectivity index (χ1v) is 13.1. The van der Waals surface area contributed by atoms with Crippen molar-refractivity contribution in [2.24, 2.45) is 5.92 Å².